The molecule has 0 aliphatic rings. The van der Waals surface area contributed by atoms with Crippen LogP contribution in [0.4, 0.5) is 0 Å². The minimum absolute atomic E-state index is 0.282. The van der Waals surface area contributed by atoms with Crippen LogP contribution in [0, 0.1) is 45.3 Å². The molecule has 0 aromatic heterocycles. The first-order chi connectivity index (χ1) is 11.0. The van der Waals surface area contributed by atoms with Gasteiger partial charge in [-0.1, -0.05) is 103 Å². The lowest BCUT2D eigenvalue weighted by Crippen LogP contribution is -2.60. The van der Waals surface area contributed by atoms with Crippen molar-refractivity contribution in [2.75, 3.05) is 0 Å². The van der Waals surface area contributed by atoms with E-state index in [0.717, 1.165) is 11.8 Å². The standard InChI is InChI=1S/C25H52/c1-15-21(8)24(19(4)5,17-22(9,10)11)25(20(6)7,16-18(2)3)23(12,13)14/h18-21H,15-17H2,1-14H3. The number of hydrogen-bond acceptors (Lipinski definition) is 0. The van der Waals surface area contributed by atoms with Crippen molar-refractivity contribution in [2.24, 2.45) is 45.3 Å². The van der Waals surface area contributed by atoms with Gasteiger partial charge in [0.15, 0.2) is 0 Å². The summed E-state index contributed by atoms with van der Waals surface area (Å²) in [6, 6.07) is 0. The Morgan fingerprint density at radius 2 is 1.12 bits per heavy atom. The molecule has 3 unspecified atom stereocenters. The highest BCUT2D eigenvalue weighted by Gasteiger charge is 2.62. The molecule has 0 rings (SSSR count). The third-order valence-electron chi connectivity index (χ3n) is 7.23. The summed E-state index contributed by atoms with van der Waals surface area (Å²) in [6.07, 6.45) is 3.92. The van der Waals surface area contributed by atoms with Gasteiger partial charge in [0, 0.05) is 0 Å². The van der Waals surface area contributed by atoms with Gasteiger partial charge in [-0.25, -0.2) is 0 Å². The maximum Gasteiger partial charge on any atom is -0.0162 e. The molecule has 0 aliphatic carbocycles. The summed E-state index contributed by atoms with van der Waals surface area (Å²) < 4.78 is 0. The van der Waals surface area contributed by atoms with E-state index in [1.165, 1.54) is 19.3 Å². The molecule has 0 aromatic carbocycles. The normalized spacial score (nSPS) is 20.0. The molecular formula is C25H52. The Morgan fingerprint density at radius 3 is 1.32 bits per heavy atom. The fourth-order valence-electron chi connectivity index (χ4n) is 6.78. The summed E-state index contributed by atoms with van der Waals surface area (Å²) in [6.45, 7) is 34.8. The summed E-state index contributed by atoms with van der Waals surface area (Å²) in [5.74, 6) is 2.81. The van der Waals surface area contributed by atoms with E-state index in [1.54, 1.807) is 0 Å². The average Bonchev–Trinajstić information content (AvgIpc) is 2.37. The van der Waals surface area contributed by atoms with Gasteiger partial charge in [-0.3, -0.25) is 0 Å². The zero-order valence-corrected chi connectivity index (χ0v) is 20.4. The Balaban J connectivity index is 7.02. The van der Waals surface area contributed by atoms with Crippen LogP contribution in [0.25, 0.3) is 0 Å². The van der Waals surface area contributed by atoms with Crippen LogP contribution in [-0.2, 0) is 0 Å². The molecule has 0 nitrogen and oxygen atoms in total. The second kappa shape index (κ2) is 8.35. The fraction of sp³-hybridized carbons (Fsp3) is 1.00. The Labute approximate surface area is 161 Å². The quantitative estimate of drug-likeness (QED) is 0.409. The smallest absolute Gasteiger partial charge is 0.0162 e. The van der Waals surface area contributed by atoms with Crippen molar-refractivity contribution < 1.29 is 0 Å². The first-order valence-corrected chi connectivity index (χ1v) is 11.0. The SMILES string of the molecule is CCC(C)C(CC(C)(C)C)(C(C)C)C(CC(C)C)(C(C)C)C(C)(C)C. The van der Waals surface area contributed by atoms with E-state index in [2.05, 4.69) is 96.9 Å². The lowest BCUT2D eigenvalue weighted by Gasteiger charge is -2.67. The van der Waals surface area contributed by atoms with Gasteiger partial charge in [0.1, 0.15) is 0 Å². The number of hydrogen-bond donors (Lipinski definition) is 0. The molecule has 0 saturated heterocycles. The molecule has 0 aromatic rings. The van der Waals surface area contributed by atoms with Gasteiger partial charge in [0.05, 0.1) is 0 Å². The lowest BCUT2D eigenvalue weighted by molar-refractivity contribution is -0.185. The van der Waals surface area contributed by atoms with Crippen LogP contribution in [0.15, 0.2) is 0 Å². The molecule has 3 atom stereocenters. The van der Waals surface area contributed by atoms with Gasteiger partial charge in [0.2, 0.25) is 0 Å². The predicted octanol–water partition coefficient (Wildman–Crippen LogP) is 8.85. The summed E-state index contributed by atoms with van der Waals surface area (Å²) in [4.78, 5) is 0. The molecule has 152 valence electrons. The third kappa shape index (κ3) is 4.84. The molecular weight excluding hydrogens is 300 g/mol. The van der Waals surface area contributed by atoms with Crippen molar-refractivity contribution in [1.29, 1.82) is 0 Å². The van der Waals surface area contributed by atoms with Crippen LogP contribution in [-0.4, -0.2) is 0 Å². The van der Waals surface area contributed by atoms with E-state index >= 15 is 0 Å². The Hall–Kier alpha value is 0. The van der Waals surface area contributed by atoms with E-state index in [9.17, 15) is 0 Å². The highest BCUT2D eigenvalue weighted by molar-refractivity contribution is 5.10. The van der Waals surface area contributed by atoms with Crippen molar-refractivity contribution in [3.63, 3.8) is 0 Å². The van der Waals surface area contributed by atoms with Crippen LogP contribution in [0.1, 0.15) is 116 Å². The van der Waals surface area contributed by atoms with Gasteiger partial charge < -0.3 is 0 Å². The maximum absolute atomic E-state index is 2.55. The molecule has 0 heteroatoms. The molecule has 0 bridgehead atoms. The molecule has 25 heavy (non-hydrogen) atoms. The molecule has 0 amide bonds. The van der Waals surface area contributed by atoms with E-state index < -0.39 is 0 Å². The second-order valence-corrected chi connectivity index (χ2v) is 12.2. The second-order valence-electron chi connectivity index (χ2n) is 12.2. The zero-order valence-electron chi connectivity index (χ0n) is 20.4. The van der Waals surface area contributed by atoms with E-state index in [1.807, 2.05) is 0 Å². The van der Waals surface area contributed by atoms with Gasteiger partial charge in [-0.15, -0.1) is 0 Å². The minimum atomic E-state index is 0.282. The summed E-state index contributed by atoms with van der Waals surface area (Å²) in [5.41, 5.74) is 1.29. The summed E-state index contributed by atoms with van der Waals surface area (Å²) in [7, 11) is 0. The molecule has 0 fully saturated rings. The van der Waals surface area contributed by atoms with Crippen LogP contribution in [0.3, 0.4) is 0 Å². The molecule has 0 heterocycles. The molecule has 0 aliphatic heterocycles. The Bertz CT molecular complexity index is 387. The number of rotatable bonds is 8. The van der Waals surface area contributed by atoms with Gasteiger partial charge in [0.25, 0.3) is 0 Å². The largest absolute Gasteiger partial charge is 0.0651 e. The van der Waals surface area contributed by atoms with E-state index in [4.69, 9.17) is 0 Å². The van der Waals surface area contributed by atoms with Gasteiger partial charge in [-0.05, 0) is 58.2 Å². The summed E-state index contributed by atoms with van der Waals surface area (Å²) in [5, 5.41) is 0. The van der Waals surface area contributed by atoms with E-state index in [-0.39, 0.29) is 5.41 Å². The highest BCUT2D eigenvalue weighted by atomic mass is 14.7. The van der Waals surface area contributed by atoms with Gasteiger partial charge in [-0.2, -0.15) is 0 Å². The van der Waals surface area contributed by atoms with Crippen molar-refractivity contribution in [1.82, 2.24) is 0 Å². The molecule has 0 saturated carbocycles. The fourth-order valence-corrected chi connectivity index (χ4v) is 6.78. The van der Waals surface area contributed by atoms with E-state index in [0.29, 0.717) is 28.1 Å². The minimum Gasteiger partial charge on any atom is -0.0651 e. The Kier molecular flexibility index (Phi) is 8.35. The Morgan fingerprint density at radius 1 is 0.680 bits per heavy atom. The van der Waals surface area contributed by atoms with Gasteiger partial charge >= 0.3 is 0 Å². The average molecular weight is 353 g/mol. The molecule has 0 N–H and O–H groups in total. The maximum atomic E-state index is 2.55. The van der Waals surface area contributed by atoms with Crippen molar-refractivity contribution >= 4 is 0 Å². The predicted molar refractivity (Wildman–Crippen MR) is 117 cm³/mol. The van der Waals surface area contributed by atoms with Crippen LogP contribution >= 0.6 is 0 Å². The monoisotopic (exact) mass is 352 g/mol. The first kappa shape index (κ1) is 25.0. The van der Waals surface area contributed by atoms with Crippen LogP contribution in [0.5, 0.6) is 0 Å². The van der Waals surface area contributed by atoms with Crippen molar-refractivity contribution in [3.8, 4) is 0 Å². The highest BCUT2D eigenvalue weighted by Crippen LogP contribution is 2.68. The molecule has 0 spiro atoms. The zero-order chi connectivity index (χ0) is 20.4. The lowest BCUT2D eigenvalue weighted by atomic mass is 9.38. The van der Waals surface area contributed by atoms with Crippen molar-refractivity contribution in [3.05, 3.63) is 0 Å². The summed E-state index contributed by atoms with van der Waals surface area (Å²) >= 11 is 0. The van der Waals surface area contributed by atoms with Crippen molar-refractivity contribution in [2.45, 2.75) is 116 Å². The topological polar surface area (TPSA) is 0 Å². The molecule has 0 radical (unpaired) electrons. The first-order valence-electron chi connectivity index (χ1n) is 11.0. The van der Waals surface area contributed by atoms with Crippen LogP contribution < -0.4 is 0 Å². The van der Waals surface area contributed by atoms with Crippen LogP contribution in [0.2, 0.25) is 0 Å². The third-order valence-corrected chi connectivity index (χ3v) is 7.23.